The number of piperidine rings is 1. The van der Waals surface area contributed by atoms with Gasteiger partial charge in [0.15, 0.2) is 0 Å². The first-order chi connectivity index (χ1) is 12.2. The zero-order valence-corrected chi connectivity index (χ0v) is 15.2. The lowest BCUT2D eigenvalue weighted by Crippen LogP contribution is -2.48. The van der Waals surface area contributed by atoms with E-state index in [-0.39, 0.29) is 17.9 Å². The van der Waals surface area contributed by atoms with Crippen LogP contribution in [0.15, 0.2) is 24.3 Å². The van der Waals surface area contributed by atoms with E-state index in [4.69, 9.17) is 4.74 Å². The van der Waals surface area contributed by atoms with E-state index in [2.05, 4.69) is 29.2 Å². The average molecular weight is 346 g/mol. The van der Waals surface area contributed by atoms with Crippen LogP contribution in [0.5, 0.6) is 0 Å². The van der Waals surface area contributed by atoms with Gasteiger partial charge in [-0.2, -0.15) is 0 Å². The molecule has 0 saturated carbocycles. The van der Waals surface area contributed by atoms with Gasteiger partial charge in [-0.1, -0.05) is 24.3 Å². The Kier molecular flexibility index (Phi) is 6.10. The summed E-state index contributed by atoms with van der Waals surface area (Å²) in [6.45, 7) is 4.92. The highest BCUT2D eigenvalue weighted by molar-refractivity contribution is 5.76. The van der Waals surface area contributed by atoms with E-state index in [1.165, 1.54) is 11.1 Å². The second kappa shape index (κ2) is 8.30. The number of methoxy groups -OCH3 is 1. The quantitative estimate of drug-likeness (QED) is 0.821. The number of aliphatic hydroxyl groups excluding tert-OH is 1. The van der Waals surface area contributed by atoms with E-state index in [0.717, 1.165) is 45.4 Å². The SMILES string of the molecule is COCC[C@@]1(CO)CCCN(C(=O)CCN2Cc3ccccc3C2)C1. The summed E-state index contributed by atoms with van der Waals surface area (Å²) >= 11 is 0. The molecule has 2 aliphatic rings. The van der Waals surface area contributed by atoms with Crippen molar-refractivity contribution >= 4 is 5.91 Å². The molecule has 1 aromatic rings. The molecule has 1 N–H and O–H groups in total. The van der Waals surface area contributed by atoms with Crippen LogP contribution in [0.4, 0.5) is 0 Å². The summed E-state index contributed by atoms with van der Waals surface area (Å²) in [6.07, 6.45) is 3.30. The number of benzene rings is 1. The van der Waals surface area contributed by atoms with Gasteiger partial charge >= 0.3 is 0 Å². The maximum Gasteiger partial charge on any atom is 0.223 e. The number of hydrogen-bond donors (Lipinski definition) is 1. The van der Waals surface area contributed by atoms with Gasteiger partial charge in [0.2, 0.25) is 5.91 Å². The van der Waals surface area contributed by atoms with Crippen LogP contribution in [-0.2, 0) is 22.6 Å². The Balaban J connectivity index is 1.50. The molecule has 2 aliphatic heterocycles. The van der Waals surface area contributed by atoms with Crippen LogP contribution in [0.25, 0.3) is 0 Å². The molecule has 5 heteroatoms. The minimum absolute atomic E-state index is 0.127. The van der Waals surface area contributed by atoms with Crippen LogP contribution in [0.2, 0.25) is 0 Å². The highest BCUT2D eigenvalue weighted by Crippen LogP contribution is 2.33. The predicted octanol–water partition coefficient (Wildman–Crippen LogP) is 2.03. The molecule has 2 heterocycles. The van der Waals surface area contributed by atoms with Crippen molar-refractivity contribution in [1.82, 2.24) is 9.80 Å². The van der Waals surface area contributed by atoms with Gasteiger partial charge < -0.3 is 14.7 Å². The third kappa shape index (κ3) is 4.40. The molecule has 1 fully saturated rings. The van der Waals surface area contributed by atoms with E-state index in [9.17, 15) is 9.90 Å². The number of rotatable bonds is 7. The predicted molar refractivity (Wildman–Crippen MR) is 97.0 cm³/mol. The average Bonchev–Trinajstić information content (AvgIpc) is 3.07. The molecule has 1 aromatic carbocycles. The lowest BCUT2D eigenvalue weighted by molar-refractivity contribution is -0.136. The van der Waals surface area contributed by atoms with Crippen molar-refractivity contribution in [2.24, 2.45) is 5.41 Å². The number of amides is 1. The molecule has 5 nitrogen and oxygen atoms in total. The van der Waals surface area contributed by atoms with Crippen LogP contribution in [-0.4, -0.2) is 60.8 Å². The largest absolute Gasteiger partial charge is 0.396 e. The summed E-state index contributed by atoms with van der Waals surface area (Å²) in [5, 5.41) is 9.87. The van der Waals surface area contributed by atoms with E-state index in [1.807, 2.05) is 4.90 Å². The number of carbonyl (C=O) groups excluding carboxylic acids is 1. The number of nitrogens with zero attached hydrogens (tertiary/aromatic N) is 2. The third-order valence-electron chi connectivity index (χ3n) is 5.73. The van der Waals surface area contributed by atoms with E-state index in [1.54, 1.807) is 7.11 Å². The number of likely N-dealkylation sites (tertiary alicyclic amines) is 1. The molecule has 138 valence electrons. The highest BCUT2D eigenvalue weighted by Gasteiger charge is 2.36. The van der Waals surface area contributed by atoms with Crippen molar-refractivity contribution in [2.45, 2.75) is 38.8 Å². The lowest BCUT2D eigenvalue weighted by atomic mass is 9.78. The van der Waals surface area contributed by atoms with E-state index < -0.39 is 0 Å². The molecule has 1 saturated heterocycles. The first-order valence-corrected chi connectivity index (χ1v) is 9.32. The number of ether oxygens (including phenoxy) is 1. The zero-order chi connectivity index (χ0) is 17.7. The van der Waals surface area contributed by atoms with Crippen LogP contribution in [0.3, 0.4) is 0 Å². The maximum absolute atomic E-state index is 12.7. The fourth-order valence-corrected chi connectivity index (χ4v) is 4.13. The molecule has 0 spiro atoms. The molecular weight excluding hydrogens is 316 g/mol. The van der Waals surface area contributed by atoms with E-state index in [0.29, 0.717) is 19.6 Å². The summed E-state index contributed by atoms with van der Waals surface area (Å²) in [4.78, 5) is 17.0. The Morgan fingerprint density at radius 2 is 2.00 bits per heavy atom. The molecule has 0 unspecified atom stereocenters. The standard InChI is InChI=1S/C20H30N2O3/c1-25-12-9-20(16-23)8-4-10-22(15-20)19(24)7-11-21-13-17-5-2-3-6-18(17)14-21/h2-3,5-6,23H,4,7-16H2,1H3/t20-/m0/s1. The van der Waals surface area contributed by atoms with Crippen molar-refractivity contribution < 1.29 is 14.6 Å². The first kappa shape index (κ1) is 18.4. The fourth-order valence-electron chi connectivity index (χ4n) is 4.13. The van der Waals surface area contributed by atoms with Gasteiger partial charge in [-0.05, 0) is 30.4 Å². The second-order valence-corrected chi connectivity index (χ2v) is 7.55. The molecule has 0 aliphatic carbocycles. The summed E-state index contributed by atoms with van der Waals surface area (Å²) < 4.78 is 5.19. The molecule has 0 aromatic heterocycles. The maximum atomic E-state index is 12.7. The molecule has 1 atom stereocenters. The second-order valence-electron chi connectivity index (χ2n) is 7.55. The van der Waals surface area contributed by atoms with Gasteiger partial charge in [-0.25, -0.2) is 0 Å². The minimum Gasteiger partial charge on any atom is -0.396 e. The Hall–Kier alpha value is -1.43. The normalized spacial score (nSPS) is 23.7. The molecule has 25 heavy (non-hydrogen) atoms. The number of aliphatic hydroxyl groups is 1. The van der Waals surface area contributed by atoms with Gasteiger partial charge in [0.1, 0.15) is 0 Å². The molecule has 1 amide bonds. The van der Waals surface area contributed by atoms with Crippen LogP contribution >= 0.6 is 0 Å². The van der Waals surface area contributed by atoms with Crippen molar-refractivity contribution in [3.63, 3.8) is 0 Å². The van der Waals surface area contributed by atoms with Crippen LogP contribution in [0.1, 0.15) is 36.8 Å². The van der Waals surface area contributed by atoms with Gasteiger partial charge in [0.05, 0.1) is 6.61 Å². The minimum atomic E-state index is -0.187. The number of fused-ring (bicyclic) bond motifs is 1. The highest BCUT2D eigenvalue weighted by atomic mass is 16.5. The Labute approximate surface area is 150 Å². The van der Waals surface area contributed by atoms with Crippen LogP contribution < -0.4 is 0 Å². The molecule has 3 rings (SSSR count). The third-order valence-corrected chi connectivity index (χ3v) is 5.73. The summed E-state index contributed by atoms with van der Waals surface area (Å²) in [5.74, 6) is 0.214. The first-order valence-electron chi connectivity index (χ1n) is 9.32. The Bertz CT molecular complexity index is 567. The summed E-state index contributed by atoms with van der Waals surface area (Å²) in [7, 11) is 1.69. The van der Waals surface area contributed by atoms with Crippen molar-refractivity contribution in [1.29, 1.82) is 0 Å². The van der Waals surface area contributed by atoms with Gasteiger partial charge in [0, 0.05) is 58.3 Å². The molecular formula is C20H30N2O3. The fraction of sp³-hybridized carbons (Fsp3) is 0.650. The molecule has 0 radical (unpaired) electrons. The number of hydrogen-bond acceptors (Lipinski definition) is 4. The van der Waals surface area contributed by atoms with Gasteiger partial charge in [-0.3, -0.25) is 9.69 Å². The topological polar surface area (TPSA) is 53.0 Å². The van der Waals surface area contributed by atoms with Crippen LogP contribution in [0, 0.1) is 5.41 Å². The van der Waals surface area contributed by atoms with Crippen molar-refractivity contribution in [2.75, 3.05) is 40.0 Å². The van der Waals surface area contributed by atoms with E-state index >= 15 is 0 Å². The summed E-state index contributed by atoms with van der Waals surface area (Å²) in [6, 6.07) is 8.51. The molecule has 0 bridgehead atoms. The Morgan fingerprint density at radius 1 is 1.28 bits per heavy atom. The smallest absolute Gasteiger partial charge is 0.223 e. The van der Waals surface area contributed by atoms with Crippen molar-refractivity contribution in [3.05, 3.63) is 35.4 Å². The lowest BCUT2D eigenvalue weighted by Gasteiger charge is -2.42. The summed E-state index contributed by atoms with van der Waals surface area (Å²) in [5.41, 5.74) is 2.58. The van der Waals surface area contributed by atoms with Crippen molar-refractivity contribution in [3.8, 4) is 0 Å². The van der Waals surface area contributed by atoms with Gasteiger partial charge in [0.25, 0.3) is 0 Å². The van der Waals surface area contributed by atoms with Gasteiger partial charge in [-0.15, -0.1) is 0 Å². The number of carbonyl (C=O) groups is 1. The Morgan fingerprint density at radius 3 is 2.64 bits per heavy atom. The monoisotopic (exact) mass is 346 g/mol. The zero-order valence-electron chi connectivity index (χ0n) is 15.2.